The Morgan fingerprint density at radius 1 is 1.19 bits per heavy atom. The Morgan fingerprint density at radius 3 is 2.57 bits per heavy atom. The number of likely N-dealkylation sites (tertiary alicyclic amines) is 1. The molecule has 1 aromatic heterocycles. The molecule has 4 heteroatoms. The van der Waals surface area contributed by atoms with E-state index in [-0.39, 0.29) is 5.91 Å². The molecule has 1 aliphatic heterocycles. The highest BCUT2D eigenvalue weighted by Crippen LogP contribution is 2.30. The van der Waals surface area contributed by atoms with Crippen molar-refractivity contribution in [3.05, 3.63) is 46.7 Å². The molecule has 0 atom stereocenters. The second-order valence-electron chi connectivity index (χ2n) is 5.38. The van der Waals surface area contributed by atoms with Gasteiger partial charge in [-0.2, -0.15) is 0 Å². The van der Waals surface area contributed by atoms with Crippen molar-refractivity contribution in [3.8, 4) is 11.1 Å². The van der Waals surface area contributed by atoms with Crippen molar-refractivity contribution in [3.63, 3.8) is 0 Å². The van der Waals surface area contributed by atoms with Crippen LogP contribution in [-0.4, -0.2) is 37.0 Å². The molecule has 0 spiro atoms. The second-order valence-corrected chi connectivity index (χ2v) is 6.30. The average molecular weight is 300 g/mol. The predicted octanol–water partition coefficient (Wildman–Crippen LogP) is 3.24. The monoisotopic (exact) mass is 300 g/mol. The van der Waals surface area contributed by atoms with Crippen LogP contribution in [0.15, 0.2) is 41.8 Å². The van der Waals surface area contributed by atoms with Gasteiger partial charge in [-0.3, -0.25) is 4.79 Å². The van der Waals surface area contributed by atoms with Gasteiger partial charge < -0.3 is 10.2 Å². The Labute approximate surface area is 129 Å². The lowest BCUT2D eigenvalue weighted by Crippen LogP contribution is -2.43. The van der Waals surface area contributed by atoms with Gasteiger partial charge in [-0.25, -0.2) is 0 Å². The zero-order valence-corrected chi connectivity index (χ0v) is 13.0. The summed E-state index contributed by atoms with van der Waals surface area (Å²) in [5, 5.41) is 5.31. The number of hydrogen-bond donors (Lipinski definition) is 1. The Morgan fingerprint density at radius 2 is 1.90 bits per heavy atom. The SMILES string of the molecule is CNC1CCN(C(=O)c2sccc2-c2ccccc2)CC1. The normalized spacial score (nSPS) is 16.1. The molecule has 2 heterocycles. The van der Waals surface area contributed by atoms with Crippen molar-refractivity contribution in [2.45, 2.75) is 18.9 Å². The third-order valence-electron chi connectivity index (χ3n) is 4.13. The standard InChI is InChI=1S/C17H20N2OS/c1-18-14-7-10-19(11-8-14)17(20)16-15(9-12-21-16)13-5-3-2-4-6-13/h2-6,9,12,14,18H,7-8,10-11H2,1H3. The zero-order chi connectivity index (χ0) is 14.7. The maximum atomic E-state index is 12.8. The molecule has 1 amide bonds. The fourth-order valence-corrected chi connectivity index (χ4v) is 3.72. The van der Waals surface area contributed by atoms with Crippen LogP contribution in [0.3, 0.4) is 0 Å². The minimum absolute atomic E-state index is 0.179. The van der Waals surface area contributed by atoms with Crippen molar-refractivity contribution in [1.82, 2.24) is 10.2 Å². The lowest BCUT2D eigenvalue weighted by Gasteiger charge is -2.31. The van der Waals surface area contributed by atoms with E-state index in [0.717, 1.165) is 41.9 Å². The van der Waals surface area contributed by atoms with E-state index in [9.17, 15) is 4.79 Å². The zero-order valence-electron chi connectivity index (χ0n) is 12.2. The first kappa shape index (κ1) is 14.3. The van der Waals surface area contributed by atoms with Crippen LogP contribution in [-0.2, 0) is 0 Å². The molecule has 110 valence electrons. The van der Waals surface area contributed by atoms with Gasteiger partial charge in [-0.1, -0.05) is 30.3 Å². The number of hydrogen-bond acceptors (Lipinski definition) is 3. The molecule has 1 fully saturated rings. The lowest BCUT2D eigenvalue weighted by molar-refractivity contribution is 0.0713. The number of nitrogens with zero attached hydrogens (tertiary/aromatic N) is 1. The number of nitrogens with one attached hydrogen (secondary N) is 1. The van der Waals surface area contributed by atoms with Crippen LogP contribution in [0, 0.1) is 0 Å². The van der Waals surface area contributed by atoms with Crippen LogP contribution >= 0.6 is 11.3 Å². The highest BCUT2D eigenvalue weighted by Gasteiger charge is 2.25. The lowest BCUT2D eigenvalue weighted by atomic mass is 10.0. The summed E-state index contributed by atoms with van der Waals surface area (Å²) in [5.74, 6) is 0.179. The minimum Gasteiger partial charge on any atom is -0.338 e. The first-order valence-electron chi connectivity index (χ1n) is 7.39. The maximum Gasteiger partial charge on any atom is 0.264 e. The van der Waals surface area contributed by atoms with Gasteiger partial charge in [0.25, 0.3) is 5.91 Å². The summed E-state index contributed by atoms with van der Waals surface area (Å²) in [6, 6.07) is 12.7. The van der Waals surface area contributed by atoms with Gasteiger partial charge in [-0.05, 0) is 36.9 Å². The molecule has 0 radical (unpaired) electrons. The van der Waals surface area contributed by atoms with Gasteiger partial charge in [0.2, 0.25) is 0 Å². The topological polar surface area (TPSA) is 32.3 Å². The average Bonchev–Trinajstić information content (AvgIpc) is 3.04. The molecule has 1 aromatic carbocycles. The van der Waals surface area contributed by atoms with Gasteiger partial charge in [0.15, 0.2) is 0 Å². The van der Waals surface area contributed by atoms with E-state index in [1.165, 1.54) is 0 Å². The van der Waals surface area contributed by atoms with E-state index in [0.29, 0.717) is 6.04 Å². The first-order chi connectivity index (χ1) is 10.3. The summed E-state index contributed by atoms with van der Waals surface area (Å²) in [7, 11) is 1.99. The van der Waals surface area contributed by atoms with Gasteiger partial charge in [-0.15, -0.1) is 11.3 Å². The van der Waals surface area contributed by atoms with Crippen molar-refractivity contribution in [1.29, 1.82) is 0 Å². The fourth-order valence-electron chi connectivity index (χ4n) is 2.83. The molecule has 21 heavy (non-hydrogen) atoms. The van der Waals surface area contributed by atoms with E-state index >= 15 is 0 Å². The Balaban J connectivity index is 1.79. The number of amides is 1. The molecule has 0 aliphatic carbocycles. The molecular formula is C17H20N2OS. The molecule has 3 nitrogen and oxygen atoms in total. The van der Waals surface area contributed by atoms with Crippen molar-refractivity contribution < 1.29 is 4.79 Å². The molecule has 0 bridgehead atoms. The molecule has 3 rings (SSSR count). The van der Waals surface area contributed by atoms with E-state index in [2.05, 4.69) is 17.4 Å². The number of benzene rings is 1. The molecular weight excluding hydrogens is 280 g/mol. The quantitative estimate of drug-likeness (QED) is 0.944. The summed E-state index contributed by atoms with van der Waals surface area (Å²) in [6.45, 7) is 1.69. The Kier molecular flexibility index (Phi) is 4.36. The number of thiophene rings is 1. The largest absolute Gasteiger partial charge is 0.338 e. The third kappa shape index (κ3) is 3.01. The molecule has 1 saturated heterocycles. The Hall–Kier alpha value is -1.65. The van der Waals surface area contributed by atoms with Gasteiger partial charge in [0.1, 0.15) is 0 Å². The van der Waals surface area contributed by atoms with Gasteiger partial charge in [0, 0.05) is 24.7 Å². The molecule has 2 aromatic rings. The third-order valence-corrected chi connectivity index (χ3v) is 5.04. The number of rotatable bonds is 3. The number of piperidine rings is 1. The summed E-state index contributed by atoms with van der Waals surface area (Å²) < 4.78 is 0. The van der Waals surface area contributed by atoms with E-state index < -0.39 is 0 Å². The van der Waals surface area contributed by atoms with E-state index in [1.54, 1.807) is 11.3 Å². The molecule has 0 saturated carbocycles. The van der Waals surface area contributed by atoms with Crippen LogP contribution in [0.5, 0.6) is 0 Å². The minimum atomic E-state index is 0.179. The highest BCUT2D eigenvalue weighted by atomic mass is 32.1. The predicted molar refractivity (Wildman–Crippen MR) is 87.7 cm³/mol. The molecule has 0 unspecified atom stereocenters. The summed E-state index contributed by atoms with van der Waals surface area (Å²) in [5.41, 5.74) is 2.17. The van der Waals surface area contributed by atoms with Crippen LogP contribution in [0.2, 0.25) is 0 Å². The second kappa shape index (κ2) is 6.41. The molecule has 1 aliphatic rings. The first-order valence-corrected chi connectivity index (χ1v) is 8.27. The van der Waals surface area contributed by atoms with Gasteiger partial charge in [0.05, 0.1) is 4.88 Å². The molecule has 1 N–H and O–H groups in total. The highest BCUT2D eigenvalue weighted by molar-refractivity contribution is 7.12. The van der Waals surface area contributed by atoms with Crippen LogP contribution in [0.4, 0.5) is 0 Å². The van der Waals surface area contributed by atoms with Crippen LogP contribution in [0.1, 0.15) is 22.5 Å². The van der Waals surface area contributed by atoms with Gasteiger partial charge >= 0.3 is 0 Å². The van der Waals surface area contributed by atoms with Crippen LogP contribution < -0.4 is 5.32 Å². The van der Waals surface area contributed by atoms with Crippen molar-refractivity contribution >= 4 is 17.2 Å². The Bertz CT molecular complexity index is 600. The summed E-state index contributed by atoms with van der Waals surface area (Å²) >= 11 is 1.55. The van der Waals surface area contributed by atoms with E-state index in [4.69, 9.17) is 0 Å². The van der Waals surface area contributed by atoms with Crippen LogP contribution in [0.25, 0.3) is 11.1 Å². The smallest absolute Gasteiger partial charge is 0.264 e. The number of carbonyl (C=O) groups is 1. The maximum absolute atomic E-state index is 12.8. The van der Waals surface area contributed by atoms with Crippen molar-refractivity contribution in [2.24, 2.45) is 0 Å². The van der Waals surface area contributed by atoms with Crippen molar-refractivity contribution in [2.75, 3.05) is 20.1 Å². The fraction of sp³-hybridized carbons (Fsp3) is 0.353. The summed E-state index contributed by atoms with van der Waals surface area (Å²) in [6.07, 6.45) is 2.07. The number of carbonyl (C=O) groups excluding carboxylic acids is 1. The van der Waals surface area contributed by atoms with E-state index in [1.807, 2.05) is 41.6 Å². The summed E-state index contributed by atoms with van der Waals surface area (Å²) in [4.78, 5) is 15.6.